The number of hydrogen-bond donors (Lipinski definition) is 1. The van der Waals surface area contributed by atoms with Crippen LogP contribution in [0.5, 0.6) is 0 Å². The second-order valence-corrected chi connectivity index (χ2v) is 15.6. The molecule has 0 radical (unpaired) electrons. The molecule has 0 saturated heterocycles. The van der Waals surface area contributed by atoms with Gasteiger partial charge in [-0.05, 0) is 162 Å². The van der Waals surface area contributed by atoms with Crippen LogP contribution in [0.3, 0.4) is 0 Å². The molecule has 0 amide bonds. The van der Waals surface area contributed by atoms with E-state index in [-0.39, 0.29) is 0 Å². The lowest BCUT2D eigenvalue weighted by molar-refractivity contribution is 0.669. The maximum absolute atomic E-state index is 6.27. The minimum absolute atomic E-state index is 0.685. The number of rotatable bonds is 9. The zero-order valence-corrected chi connectivity index (χ0v) is 35.9. The van der Waals surface area contributed by atoms with Crippen molar-refractivity contribution in [3.05, 3.63) is 198 Å². The molecule has 1 aliphatic rings. The van der Waals surface area contributed by atoms with Gasteiger partial charge in [0, 0.05) is 59.6 Å². The van der Waals surface area contributed by atoms with E-state index in [0.717, 1.165) is 85.8 Å². The quantitative estimate of drug-likeness (QED) is 0.113. The van der Waals surface area contributed by atoms with Crippen molar-refractivity contribution in [3.8, 4) is 50.7 Å². The Balaban J connectivity index is 0.00000239. The minimum Gasteiger partial charge on any atom is -0.456 e. The summed E-state index contributed by atoms with van der Waals surface area (Å²) in [5.41, 5.74) is 20.0. The minimum atomic E-state index is 0.685. The summed E-state index contributed by atoms with van der Waals surface area (Å²) in [6.45, 7) is 2.80. The molecule has 312 valence electrons. The van der Waals surface area contributed by atoms with Crippen LogP contribution in [0.25, 0.3) is 72.7 Å². The summed E-state index contributed by atoms with van der Waals surface area (Å²) in [7, 11) is 3.34. The highest BCUT2D eigenvalue weighted by Crippen LogP contribution is 2.41. The topological polar surface area (TPSA) is 124 Å². The second-order valence-electron chi connectivity index (χ2n) is 15.6. The van der Waals surface area contributed by atoms with Crippen LogP contribution >= 0.6 is 0 Å². The van der Waals surface area contributed by atoms with Gasteiger partial charge in [0.25, 0.3) is 0 Å². The number of fused-ring (bicyclic) bond motifs is 6. The van der Waals surface area contributed by atoms with E-state index in [0.29, 0.717) is 12.4 Å². The number of pyridine rings is 3. The number of benzene rings is 5. The van der Waals surface area contributed by atoms with Crippen LogP contribution in [0.4, 0.5) is 5.82 Å². The highest BCUT2D eigenvalue weighted by atomic mass is 16.3. The summed E-state index contributed by atoms with van der Waals surface area (Å²) in [6, 6.07) is 51.1. The molecule has 0 spiro atoms. The third-order valence-electron chi connectivity index (χ3n) is 11.8. The lowest BCUT2D eigenvalue weighted by Crippen LogP contribution is -2.32. The van der Waals surface area contributed by atoms with Crippen LogP contribution in [-0.2, 0) is 12.8 Å². The van der Waals surface area contributed by atoms with Crippen molar-refractivity contribution in [2.45, 2.75) is 19.8 Å². The fraction of sp³-hybridized carbons (Fsp3) is 0.111. The van der Waals surface area contributed by atoms with Crippen molar-refractivity contribution < 1.29 is 4.42 Å². The normalized spacial score (nSPS) is 11.9. The Morgan fingerprint density at radius 1 is 0.656 bits per heavy atom. The Hall–Kier alpha value is -8.08. The van der Waals surface area contributed by atoms with Gasteiger partial charge in [0.1, 0.15) is 35.0 Å². The van der Waals surface area contributed by atoms with Gasteiger partial charge >= 0.3 is 0 Å². The van der Waals surface area contributed by atoms with Gasteiger partial charge in [0.2, 0.25) is 0 Å². The fourth-order valence-corrected chi connectivity index (χ4v) is 8.86. The van der Waals surface area contributed by atoms with E-state index < -0.39 is 0 Å². The van der Waals surface area contributed by atoms with Crippen LogP contribution in [-0.4, -0.2) is 56.2 Å². The van der Waals surface area contributed by atoms with Gasteiger partial charge < -0.3 is 15.1 Å². The molecule has 2 N–H and O–H groups in total. The first kappa shape index (κ1) is 40.0. The third-order valence-corrected chi connectivity index (χ3v) is 11.8. The first-order chi connectivity index (χ1) is 31.6. The monoisotopic (exact) mass is 835 g/mol. The zero-order chi connectivity index (χ0) is 43.6. The molecule has 0 fully saturated rings. The maximum Gasteiger partial charge on any atom is 0.169 e. The first-order valence-electron chi connectivity index (χ1n) is 21.4. The molecule has 10 aromatic rings. The summed E-state index contributed by atoms with van der Waals surface area (Å²) >= 11 is 0. The Kier molecular flexibility index (Phi) is 10.9. The van der Waals surface area contributed by atoms with Crippen LogP contribution in [0.1, 0.15) is 34.7 Å². The summed E-state index contributed by atoms with van der Waals surface area (Å²) in [5.74, 6) is 3.07. The van der Waals surface area contributed by atoms with Crippen LogP contribution in [0, 0.1) is 0 Å². The lowest BCUT2D eigenvalue weighted by Gasteiger charge is -2.24. The summed E-state index contributed by atoms with van der Waals surface area (Å²) in [5, 5.41) is 11.2. The Labute approximate surface area is 371 Å². The van der Waals surface area contributed by atoms with Crippen molar-refractivity contribution in [1.29, 1.82) is 0 Å². The smallest absolute Gasteiger partial charge is 0.169 e. The van der Waals surface area contributed by atoms with Gasteiger partial charge in [-0.2, -0.15) is 0 Å². The Morgan fingerprint density at radius 2 is 1.34 bits per heavy atom. The summed E-state index contributed by atoms with van der Waals surface area (Å²) < 4.78 is 8.20. The average molecular weight is 836 g/mol. The molecule has 0 aliphatic heterocycles. The molecule has 0 unspecified atom stereocenters. The summed E-state index contributed by atoms with van der Waals surface area (Å²) in [6.07, 6.45) is 8.84. The highest BCUT2D eigenvalue weighted by Gasteiger charge is 2.23. The highest BCUT2D eigenvalue weighted by molar-refractivity contribution is 6.11. The third kappa shape index (κ3) is 7.50. The van der Waals surface area contributed by atoms with Crippen molar-refractivity contribution in [1.82, 2.24) is 29.7 Å². The molecule has 0 atom stereocenters. The molecule has 0 bridgehead atoms. The summed E-state index contributed by atoms with van der Waals surface area (Å²) in [4.78, 5) is 20.9. The van der Waals surface area contributed by atoms with E-state index >= 15 is 0 Å². The largest absolute Gasteiger partial charge is 0.456 e. The fourth-order valence-electron chi connectivity index (χ4n) is 8.86. The van der Waals surface area contributed by atoms with Gasteiger partial charge in [-0.15, -0.1) is 10.2 Å². The van der Waals surface area contributed by atoms with Crippen LogP contribution < -0.4 is 10.6 Å². The lowest BCUT2D eigenvalue weighted by atomic mass is 9.94. The zero-order valence-electron chi connectivity index (χ0n) is 35.9. The average Bonchev–Trinajstić information content (AvgIpc) is 4.10. The van der Waals surface area contributed by atoms with E-state index in [2.05, 4.69) is 134 Å². The predicted molar refractivity (Wildman–Crippen MR) is 258 cm³/mol. The number of aromatic nitrogens is 6. The molecule has 5 aromatic carbocycles. The molecule has 5 aromatic heterocycles. The van der Waals surface area contributed by atoms with Gasteiger partial charge in [-0.25, -0.2) is 9.97 Å². The number of furan rings is 1. The van der Waals surface area contributed by atoms with E-state index in [1.54, 1.807) is 12.5 Å². The number of amidine groups is 1. The van der Waals surface area contributed by atoms with Crippen LogP contribution in [0.15, 0.2) is 180 Å². The molecular weight excluding hydrogens is 791 g/mol. The molecule has 0 saturated carbocycles. The number of nitrogens with zero attached hydrogens (tertiary/aromatic N) is 8. The molecule has 11 rings (SSSR count). The van der Waals surface area contributed by atoms with E-state index in [4.69, 9.17) is 9.41 Å². The molecule has 1 aliphatic carbocycles. The Morgan fingerprint density at radius 3 is 2.09 bits per heavy atom. The second kappa shape index (κ2) is 17.4. The SMILES string of the molecule is CCN(C(=NC)c1cc(-c2ccc3c(c2)-c2cc(Cc4ccc5oc6ccc(-c7ccccn7)cc6c5c4)ccc2C3)cc(-c2nncn2-c2ccccn2)c1)c1ccccn1.CN. The first-order valence-corrected chi connectivity index (χ1v) is 21.4. The number of aliphatic imine (C=N–C) groups is 1. The van der Waals surface area contributed by atoms with Crippen molar-refractivity contribution in [2.75, 3.05) is 25.5 Å². The van der Waals surface area contributed by atoms with Crippen molar-refractivity contribution in [2.24, 2.45) is 10.7 Å². The number of hydrogen-bond acceptors (Lipinski definition) is 8. The standard InChI is InChI=1S/C53H40N8O.CH5N/c1-3-60(50-11-5-8-22-56-50)52(54-2)41-28-40(29-42(30-41)53-59-58-33-61(53)51-12-6-9-23-57-51)36-16-17-38-27-37-15-13-34(25-43(37)44(38)31-36)24-35-14-19-48-45(26-35)46-32-39(18-20-49(46)62-48)47-10-4-7-21-55-47;1-2/h4-23,25-26,28-33H,3,24,27H2,1-2H3;2H2,1H3. The number of anilines is 1. The molecule has 64 heavy (non-hydrogen) atoms. The molecule has 10 nitrogen and oxygen atoms in total. The number of nitrogens with two attached hydrogens (primary N) is 1. The van der Waals surface area contributed by atoms with Crippen LogP contribution in [0.2, 0.25) is 0 Å². The van der Waals surface area contributed by atoms with Crippen molar-refractivity contribution in [3.63, 3.8) is 0 Å². The van der Waals surface area contributed by atoms with Gasteiger partial charge in [-0.3, -0.25) is 14.5 Å². The molecule has 5 heterocycles. The van der Waals surface area contributed by atoms with E-state index in [1.807, 2.05) is 78.6 Å². The van der Waals surface area contributed by atoms with Crippen molar-refractivity contribution >= 4 is 33.6 Å². The van der Waals surface area contributed by atoms with Gasteiger partial charge in [0.05, 0.1) is 5.69 Å². The van der Waals surface area contributed by atoms with E-state index in [9.17, 15) is 0 Å². The predicted octanol–water partition coefficient (Wildman–Crippen LogP) is 11.0. The van der Waals surface area contributed by atoms with Gasteiger partial charge in [0.15, 0.2) is 5.82 Å². The Bertz CT molecular complexity index is 3300. The molecule has 10 heteroatoms. The maximum atomic E-state index is 6.27. The molecular formula is C54H45N9O. The van der Waals surface area contributed by atoms with Gasteiger partial charge in [-0.1, -0.05) is 54.6 Å². The van der Waals surface area contributed by atoms with E-state index in [1.165, 1.54) is 40.4 Å².